The van der Waals surface area contributed by atoms with Gasteiger partial charge in [-0.05, 0) is 61.1 Å². The van der Waals surface area contributed by atoms with Crippen LogP contribution in [0.2, 0.25) is 0 Å². The van der Waals surface area contributed by atoms with Crippen molar-refractivity contribution in [2.75, 3.05) is 11.5 Å². The molecule has 156 valence electrons. The number of fused-ring (bicyclic) bond motifs is 1. The van der Waals surface area contributed by atoms with E-state index in [4.69, 9.17) is 0 Å². The van der Waals surface area contributed by atoms with Gasteiger partial charge >= 0.3 is 0 Å². The minimum absolute atomic E-state index is 0.00292. The zero-order valence-electron chi connectivity index (χ0n) is 16.1. The van der Waals surface area contributed by atoms with Crippen molar-refractivity contribution in [2.24, 2.45) is 0 Å². The molecular formula is C21H24FNO4S2. The summed E-state index contributed by atoms with van der Waals surface area (Å²) in [5.41, 5.74) is 2.61. The molecule has 1 N–H and O–H groups in total. The van der Waals surface area contributed by atoms with E-state index in [1.54, 1.807) is 0 Å². The minimum Gasteiger partial charge on any atom is -0.305 e. The van der Waals surface area contributed by atoms with Crippen molar-refractivity contribution in [1.29, 1.82) is 0 Å². The summed E-state index contributed by atoms with van der Waals surface area (Å²) < 4.78 is 64.9. The van der Waals surface area contributed by atoms with Gasteiger partial charge in [0.2, 0.25) is 0 Å². The highest BCUT2D eigenvalue weighted by Gasteiger charge is 2.47. The molecule has 0 radical (unpaired) electrons. The smallest absolute Gasteiger partial charge is 0.184 e. The van der Waals surface area contributed by atoms with Crippen LogP contribution in [-0.2, 0) is 26.1 Å². The molecule has 0 saturated carbocycles. The van der Waals surface area contributed by atoms with Gasteiger partial charge in [0, 0.05) is 12.1 Å². The number of rotatable bonds is 4. The highest BCUT2D eigenvalue weighted by atomic mass is 32.2. The van der Waals surface area contributed by atoms with Crippen LogP contribution in [0.15, 0.2) is 47.4 Å². The SMILES string of the molecule is Cc1cc(F)ccc1S(=O)(=O)[C@H]1CS(=O)(=O)C[C@@H]1NC1CCCc2ccccc21. The van der Waals surface area contributed by atoms with Crippen LogP contribution in [0, 0.1) is 12.7 Å². The topological polar surface area (TPSA) is 80.3 Å². The van der Waals surface area contributed by atoms with Crippen molar-refractivity contribution < 1.29 is 21.2 Å². The van der Waals surface area contributed by atoms with Gasteiger partial charge in [-0.25, -0.2) is 21.2 Å². The molecule has 8 heteroatoms. The van der Waals surface area contributed by atoms with Gasteiger partial charge in [0.05, 0.1) is 21.7 Å². The lowest BCUT2D eigenvalue weighted by molar-refractivity contribution is 0.409. The Balaban J connectivity index is 1.68. The number of aryl methyl sites for hydroxylation is 2. The van der Waals surface area contributed by atoms with Crippen LogP contribution >= 0.6 is 0 Å². The van der Waals surface area contributed by atoms with Crippen LogP contribution in [-0.4, -0.2) is 39.6 Å². The third kappa shape index (κ3) is 3.98. The molecule has 0 aromatic heterocycles. The number of nitrogens with one attached hydrogen (secondary N) is 1. The molecule has 1 saturated heterocycles. The molecule has 4 rings (SSSR count). The van der Waals surface area contributed by atoms with E-state index in [9.17, 15) is 21.2 Å². The van der Waals surface area contributed by atoms with E-state index in [-0.39, 0.29) is 22.3 Å². The van der Waals surface area contributed by atoms with Crippen LogP contribution in [0.4, 0.5) is 4.39 Å². The fraction of sp³-hybridized carbons (Fsp3) is 0.429. The lowest BCUT2D eigenvalue weighted by Crippen LogP contribution is -2.45. The second kappa shape index (κ2) is 7.49. The van der Waals surface area contributed by atoms with Crippen LogP contribution in [0.3, 0.4) is 0 Å². The second-order valence-electron chi connectivity index (χ2n) is 7.99. The van der Waals surface area contributed by atoms with Crippen LogP contribution in [0.5, 0.6) is 0 Å². The standard InChI is InChI=1S/C21H24FNO4S2/c1-14-11-16(22)9-10-20(14)29(26,27)21-13-28(24,25)12-19(21)23-18-8-4-6-15-5-2-3-7-17(15)18/h2-3,5,7,9-11,18-19,21,23H,4,6,8,12-13H2,1H3/t18?,19-,21-/m0/s1. The summed E-state index contributed by atoms with van der Waals surface area (Å²) in [6, 6.07) is 10.7. The molecule has 0 amide bonds. The van der Waals surface area contributed by atoms with Crippen LogP contribution in [0.25, 0.3) is 0 Å². The molecule has 1 fully saturated rings. The lowest BCUT2D eigenvalue weighted by Gasteiger charge is -2.31. The summed E-state index contributed by atoms with van der Waals surface area (Å²) in [5, 5.41) is 2.26. The highest BCUT2D eigenvalue weighted by molar-refractivity contribution is 7.96. The van der Waals surface area contributed by atoms with E-state index >= 15 is 0 Å². The van der Waals surface area contributed by atoms with Crippen molar-refractivity contribution in [1.82, 2.24) is 5.32 Å². The number of halogens is 1. The molecular weight excluding hydrogens is 413 g/mol. The van der Waals surface area contributed by atoms with E-state index in [0.717, 1.165) is 37.0 Å². The Bertz CT molecular complexity index is 1150. The van der Waals surface area contributed by atoms with Crippen molar-refractivity contribution in [3.63, 3.8) is 0 Å². The molecule has 29 heavy (non-hydrogen) atoms. The maximum absolute atomic E-state index is 13.5. The lowest BCUT2D eigenvalue weighted by atomic mass is 9.87. The molecule has 1 aliphatic heterocycles. The van der Waals surface area contributed by atoms with Crippen molar-refractivity contribution in [2.45, 2.75) is 48.4 Å². The Morgan fingerprint density at radius 3 is 2.62 bits per heavy atom. The van der Waals surface area contributed by atoms with Crippen molar-refractivity contribution in [3.8, 4) is 0 Å². The number of sulfone groups is 2. The zero-order chi connectivity index (χ0) is 20.8. The number of hydrogen-bond acceptors (Lipinski definition) is 5. The summed E-state index contributed by atoms with van der Waals surface area (Å²) in [7, 11) is -7.44. The van der Waals surface area contributed by atoms with E-state index in [0.29, 0.717) is 0 Å². The summed E-state index contributed by atoms with van der Waals surface area (Å²) >= 11 is 0. The predicted molar refractivity (Wildman–Crippen MR) is 110 cm³/mol. The first-order chi connectivity index (χ1) is 13.7. The van der Waals surface area contributed by atoms with E-state index in [1.807, 2.05) is 18.2 Å². The van der Waals surface area contributed by atoms with Gasteiger partial charge in [0.15, 0.2) is 19.7 Å². The van der Waals surface area contributed by atoms with E-state index in [1.165, 1.54) is 18.6 Å². The molecule has 0 spiro atoms. The normalized spacial score (nSPS) is 26.2. The van der Waals surface area contributed by atoms with E-state index < -0.39 is 42.5 Å². The molecule has 1 unspecified atom stereocenters. The average Bonchev–Trinajstić information content (AvgIpc) is 2.97. The van der Waals surface area contributed by atoms with Gasteiger partial charge in [0.1, 0.15) is 5.82 Å². The van der Waals surface area contributed by atoms with Gasteiger partial charge in [-0.2, -0.15) is 0 Å². The fourth-order valence-electron chi connectivity index (χ4n) is 4.56. The summed E-state index contributed by atoms with van der Waals surface area (Å²) in [6.07, 6.45) is 2.76. The van der Waals surface area contributed by atoms with Crippen molar-refractivity contribution in [3.05, 3.63) is 65.0 Å². The molecule has 2 aromatic carbocycles. The first-order valence-corrected chi connectivity index (χ1v) is 13.1. The van der Waals surface area contributed by atoms with Gasteiger partial charge in [-0.3, -0.25) is 0 Å². The number of hydrogen-bond donors (Lipinski definition) is 1. The highest BCUT2D eigenvalue weighted by Crippen LogP contribution is 2.33. The van der Waals surface area contributed by atoms with Gasteiger partial charge in [-0.1, -0.05) is 24.3 Å². The third-order valence-electron chi connectivity index (χ3n) is 5.93. The summed E-state index contributed by atoms with van der Waals surface area (Å²) in [4.78, 5) is -0.00292. The Labute approximate surface area is 171 Å². The van der Waals surface area contributed by atoms with Crippen molar-refractivity contribution >= 4 is 19.7 Å². The van der Waals surface area contributed by atoms with Gasteiger partial charge in [-0.15, -0.1) is 0 Å². The van der Waals surface area contributed by atoms with Gasteiger partial charge in [0.25, 0.3) is 0 Å². The molecule has 0 bridgehead atoms. The molecule has 2 aromatic rings. The van der Waals surface area contributed by atoms with Crippen LogP contribution < -0.4 is 5.32 Å². The molecule has 2 aliphatic rings. The monoisotopic (exact) mass is 437 g/mol. The predicted octanol–water partition coefficient (Wildman–Crippen LogP) is 2.74. The van der Waals surface area contributed by atoms with Crippen LogP contribution in [0.1, 0.15) is 35.6 Å². The first-order valence-electron chi connectivity index (χ1n) is 9.72. The Kier molecular flexibility index (Phi) is 5.29. The molecule has 1 heterocycles. The summed E-state index contributed by atoms with van der Waals surface area (Å²) in [5.74, 6) is -1.15. The molecule has 5 nitrogen and oxygen atoms in total. The first kappa shape index (κ1) is 20.5. The maximum atomic E-state index is 13.5. The third-order valence-corrected chi connectivity index (χ3v) is 10.2. The largest absolute Gasteiger partial charge is 0.305 e. The Hall–Kier alpha value is -1.77. The average molecular weight is 438 g/mol. The van der Waals surface area contributed by atoms with Gasteiger partial charge < -0.3 is 5.32 Å². The zero-order valence-corrected chi connectivity index (χ0v) is 17.8. The summed E-state index contributed by atoms with van der Waals surface area (Å²) in [6.45, 7) is 1.53. The minimum atomic E-state index is -3.94. The maximum Gasteiger partial charge on any atom is 0.184 e. The fourth-order valence-corrected chi connectivity index (χ4v) is 9.46. The Morgan fingerprint density at radius 2 is 1.86 bits per heavy atom. The van der Waals surface area contributed by atoms with E-state index in [2.05, 4.69) is 11.4 Å². The molecule has 3 atom stereocenters. The quantitative estimate of drug-likeness (QED) is 0.744. The molecule has 1 aliphatic carbocycles. The Morgan fingerprint density at radius 1 is 1.10 bits per heavy atom. The second-order valence-corrected chi connectivity index (χ2v) is 12.3. The number of benzene rings is 2.